The molecule has 14 rings (SSSR count). The van der Waals surface area contributed by atoms with Crippen molar-refractivity contribution in [3.8, 4) is 29.1 Å². The number of nitrogens with two attached hydrogens (primary N) is 1. The summed E-state index contributed by atoms with van der Waals surface area (Å²) in [5, 5.41) is 37.2. The Balaban J connectivity index is 0.000000239. The van der Waals surface area contributed by atoms with E-state index in [9.17, 15) is 44.9 Å². The first-order valence-electron chi connectivity index (χ1n) is 29.3. The van der Waals surface area contributed by atoms with E-state index in [2.05, 4.69) is 125 Å². The van der Waals surface area contributed by atoms with Crippen molar-refractivity contribution in [2.75, 3.05) is 13.7 Å². The molecule has 0 atom stereocenters. The number of hydrogen-bond acceptors (Lipinski definition) is 23. The van der Waals surface area contributed by atoms with Crippen molar-refractivity contribution < 1.29 is 115 Å². The Morgan fingerprint density at radius 3 is 1.32 bits per heavy atom. The summed E-state index contributed by atoms with van der Waals surface area (Å²) in [6.07, 6.45) is 14.2. The summed E-state index contributed by atoms with van der Waals surface area (Å²) >= 11 is 19.6. The van der Waals surface area contributed by atoms with Crippen LogP contribution in [-0.2, 0) is 39.8 Å². The van der Waals surface area contributed by atoms with Gasteiger partial charge in [-0.1, -0.05) is 84.4 Å². The maximum Gasteiger partial charge on any atom is 1.00 e. The molecule has 10 aromatic heterocycles. The molecule has 0 unspecified atom stereocenters. The summed E-state index contributed by atoms with van der Waals surface area (Å²) in [6, 6.07) is 27.6. The van der Waals surface area contributed by atoms with E-state index in [1.54, 1.807) is 85.9 Å². The molecule has 0 amide bonds. The predicted molar refractivity (Wildman–Crippen MR) is 364 cm³/mol. The molecule has 107 heavy (non-hydrogen) atoms. The van der Waals surface area contributed by atoms with Crippen molar-refractivity contribution in [2.45, 2.75) is 32.6 Å². The van der Waals surface area contributed by atoms with Gasteiger partial charge in [0, 0.05) is 31.5 Å². The van der Waals surface area contributed by atoms with Crippen LogP contribution in [0.1, 0.15) is 63.3 Å². The van der Waals surface area contributed by atoms with E-state index in [1.165, 1.54) is 86.2 Å². The van der Waals surface area contributed by atoms with Gasteiger partial charge in [-0.15, -0.1) is 0 Å². The van der Waals surface area contributed by atoms with Crippen molar-refractivity contribution in [3.63, 3.8) is 0 Å². The molecule has 5 N–H and O–H groups in total. The van der Waals surface area contributed by atoms with Crippen LogP contribution in [0, 0.1) is 58.2 Å². The number of carbonyl (C=O) groups excluding carboxylic acids is 1. The Labute approximate surface area is 663 Å². The Morgan fingerprint density at radius 2 is 0.953 bits per heavy atom. The molecule has 43 heteroatoms. The van der Waals surface area contributed by atoms with E-state index in [0.717, 1.165) is 19.5 Å². The minimum atomic E-state index is -3.22. The van der Waals surface area contributed by atoms with Crippen molar-refractivity contribution in [2.24, 2.45) is 5.73 Å². The molecule has 0 aliphatic heterocycles. The summed E-state index contributed by atoms with van der Waals surface area (Å²) in [7, 11) is 0.750. The van der Waals surface area contributed by atoms with E-state index in [4.69, 9.17) is 33.1 Å². The third kappa shape index (κ3) is 24.8. The van der Waals surface area contributed by atoms with Crippen LogP contribution in [0.3, 0.4) is 0 Å². The molecule has 29 nitrogen and oxygen atoms in total. The number of aromatic nitrogens is 20. The Hall–Kier alpha value is -9.97. The maximum absolute atomic E-state index is 14.0. The number of aromatic amines is 1. The van der Waals surface area contributed by atoms with Crippen LogP contribution in [0.4, 0.5) is 30.7 Å². The number of amidine groups is 1. The second-order valence-corrected chi connectivity index (χ2v) is 27.2. The molecule has 0 saturated heterocycles. The standard InChI is InChI=1S/C16H9ClF2N6.C16H10F2N6O.C13H11FN6.C13H8FN5.C5H6FO2.CH3O.Cl3OP.2Na.H2O/c17-14-11(19)6-20-15(24-14)13-7-25-16(21-8-22-25)12(23-13)5-9-3-1-2-4-10(9)18;17-10-4-2-1-3-9(10)5-12-15-20-8-21-24(15)7-13(22-12)14-19-6-11(18)16(25)23-14;14-9-4-2-1-3-8(9)5-10-13-17-7-18-20(13)6-11(19-10)12(15)16;14-11-4-2-1-3-9(11)5-12-13-16-8-17-19(13)7-10(6-15)18-12;1-3-8-5(7)4(2)6;1-2;1-5(2,3)4;;;/h1-4,6-8H,5H2;1-4,6-8H,5H2,(H,19,23,25);1-4,6-7H,5H2,(H3,15,16);1-4,7-8H,5H2;2H,3H2,1H3;1H3;;;;1H2/q;;;;2*-1;;2*+1;/p-1. The number of ether oxygens (including phenoxy) is 1. The number of halogens is 11. The van der Waals surface area contributed by atoms with Gasteiger partial charge >= 0.3 is 64.3 Å². The average molecular weight is 1590 g/mol. The van der Waals surface area contributed by atoms with E-state index >= 15 is 0 Å². The van der Waals surface area contributed by atoms with Crippen LogP contribution < -0.4 is 75.5 Å². The number of rotatable bonds is 13. The molecule has 0 saturated carbocycles. The average Bonchev–Trinajstić information content (AvgIpc) is 1.74. The van der Waals surface area contributed by atoms with Crippen LogP contribution >= 0.6 is 50.5 Å². The van der Waals surface area contributed by atoms with Crippen LogP contribution in [-0.4, -0.2) is 129 Å². The van der Waals surface area contributed by atoms with Crippen molar-refractivity contribution in [3.05, 3.63) is 279 Å². The minimum absolute atomic E-state index is 0. The van der Waals surface area contributed by atoms with Gasteiger partial charge in [-0.2, -0.15) is 37.2 Å². The molecule has 14 aromatic rings. The van der Waals surface area contributed by atoms with Gasteiger partial charge in [0.1, 0.15) is 77.6 Å². The van der Waals surface area contributed by atoms with Crippen molar-refractivity contribution >= 4 is 84.9 Å². The molecule has 0 bridgehead atoms. The van der Waals surface area contributed by atoms with Gasteiger partial charge < -0.3 is 30.8 Å². The van der Waals surface area contributed by atoms with Gasteiger partial charge in [-0.05, 0) is 87.2 Å². The molecule has 4 aromatic carbocycles. The molecule has 0 fully saturated rings. The minimum Gasteiger partial charge on any atom is -0.870 e. The van der Waals surface area contributed by atoms with Gasteiger partial charge in [0.25, 0.3) is 5.56 Å². The van der Waals surface area contributed by atoms with Gasteiger partial charge in [0.15, 0.2) is 50.9 Å². The zero-order valence-corrected chi connectivity index (χ0v) is 63.7. The van der Waals surface area contributed by atoms with Gasteiger partial charge in [-0.25, -0.2) is 106 Å². The molecule has 0 radical (unpaired) electrons. The predicted octanol–water partition coefficient (Wildman–Crippen LogP) is 4.17. The molecule has 0 spiro atoms. The summed E-state index contributed by atoms with van der Waals surface area (Å²) < 4.78 is 113. The second-order valence-electron chi connectivity index (χ2n) is 20.2. The number of benzene rings is 4. The fourth-order valence-corrected chi connectivity index (χ4v) is 9.04. The third-order valence-corrected chi connectivity index (χ3v) is 13.6. The topological polar surface area (TPSA) is 414 Å². The molecule has 540 valence electrons. The summed E-state index contributed by atoms with van der Waals surface area (Å²) in [6.45, 7) is 6.11. The van der Waals surface area contributed by atoms with Crippen LogP contribution in [0.2, 0.25) is 5.15 Å². The normalized spacial score (nSPS) is 10.3. The smallest absolute Gasteiger partial charge is 0.870 e. The second kappa shape index (κ2) is 41.8. The SMILES string of the molecule is C[O-].Fc1ccccc1Cc1nc(-c2ncc(F)c(Cl)n2)cn2ncnc12.N#Cc1cn2ncnc2c(Cc2ccccc2F)n1.N=C(N)c1cn2ncnc2c(Cc2ccccc2F)n1.O=P(Cl)(Cl)Cl.O=c1[nH]c(-c2cn3ncnc3c(Cc3ccccc3F)n2)ncc1F.[CH-]=C(F)C(=O)OCC.[Na+].[Na+].[OH-]. The number of esters is 1. The first-order chi connectivity index (χ1) is 49.8. The first kappa shape index (κ1) is 87.7. The molecule has 10 heterocycles. The Kier molecular flexibility index (Phi) is 34.2. The Bertz CT molecular complexity index is 5560. The zero-order chi connectivity index (χ0) is 75.2. The first-order valence-corrected chi connectivity index (χ1v) is 34.1. The number of nitrogens with zero attached hydrogens (tertiary/aromatic N) is 20. The van der Waals surface area contributed by atoms with Crippen molar-refractivity contribution in [1.82, 2.24) is 98.3 Å². The van der Waals surface area contributed by atoms with Crippen LogP contribution in [0.5, 0.6) is 0 Å². The fourth-order valence-electron chi connectivity index (χ4n) is 8.91. The van der Waals surface area contributed by atoms with E-state index in [-0.39, 0.29) is 160 Å². The third-order valence-electron chi connectivity index (χ3n) is 13.4. The van der Waals surface area contributed by atoms with Crippen LogP contribution in [0.25, 0.3) is 45.6 Å². The molecular weight excluding hydrogens is 1540 g/mol. The zero-order valence-electron chi connectivity index (χ0n) is 55.7. The van der Waals surface area contributed by atoms with E-state index in [0.29, 0.717) is 73.3 Å². The van der Waals surface area contributed by atoms with Gasteiger partial charge in [0.05, 0.1) is 66.6 Å². The maximum atomic E-state index is 14.0. The summed E-state index contributed by atoms with van der Waals surface area (Å²) in [5.41, 5.74) is 11.6. The quantitative estimate of drug-likeness (QED) is 0.0168. The van der Waals surface area contributed by atoms with Crippen molar-refractivity contribution in [1.29, 1.82) is 10.7 Å². The summed E-state index contributed by atoms with van der Waals surface area (Å²) in [4.78, 5) is 69.1. The monoisotopic (exact) mass is 1580 g/mol. The molecule has 0 aliphatic carbocycles. The number of fused-ring (bicyclic) bond motifs is 4. The van der Waals surface area contributed by atoms with Gasteiger partial charge in [0.2, 0.25) is 11.8 Å². The number of H-pyrrole nitrogens is 1. The number of hydrogen-bond donors (Lipinski definition) is 3. The van der Waals surface area contributed by atoms with Gasteiger partial charge in [-0.3, -0.25) is 14.8 Å². The summed E-state index contributed by atoms with van der Waals surface area (Å²) in [5.74, 6) is -5.36. The molecular formula is C64H48Cl4F7N23Na2O6P-. The largest absolute Gasteiger partial charge is 1.00 e. The van der Waals surface area contributed by atoms with Crippen LogP contribution in [0.15, 0.2) is 170 Å². The van der Waals surface area contributed by atoms with E-state index in [1.807, 2.05) is 6.07 Å². The number of nitrogens with one attached hydrogen (secondary N) is 2. The van der Waals surface area contributed by atoms with E-state index < -0.39 is 34.2 Å². The fraction of sp³-hybridized carbons (Fsp3) is 0.109. The number of nitrogen functional groups attached to an aromatic ring is 1. The number of carbonyl (C=O) groups is 1. The molecule has 0 aliphatic rings. The number of nitriles is 1. The Morgan fingerprint density at radius 1 is 0.589 bits per heavy atom.